The summed E-state index contributed by atoms with van der Waals surface area (Å²) in [5.74, 6) is -0.207. The molecule has 3 unspecified atom stereocenters. The summed E-state index contributed by atoms with van der Waals surface area (Å²) < 4.78 is 5.66. The molecule has 38 heavy (non-hydrogen) atoms. The van der Waals surface area contributed by atoms with Gasteiger partial charge in [0.05, 0.1) is 6.54 Å². The first-order valence-corrected chi connectivity index (χ1v) is 15.0. The van der Waals surface area contributed by atoms with Crippen molar-refractivity contribution >= 4 is 17.7 Å². The quantitative estimate of drug-likeness (QED) is 0.451. The van der Waals surface area contributed by atoms with Crippen LogP contribution in [0.5, 0.6) is 0 Å². The average Bonchev–Trinajstić information content (AvgIpc) is 2.84. The van der Waals surface area contributed by atoms with Crippen LogP contribution in [0.1, 0.15) is 99.8 Å². The van der Waals surface area contributed by atoms with Gasteiger partial charge in [-0.1, -0.05) is 47.1 Å². The van der Waals surface area contributed by atoms with Gasteiger partial charge >= 0.3 is 11.9 Å². The Morgan fingerprint density at radius 3 is 2.32 bits per heavy atom. The second-order valence-corrected chi connectivity index (χ2v) is 15.1. The topological polar surface area (TPSA) is 107 Å². The Kier molecular flexibility index (Phi) is 6.34. The van der Waals surface area contributed by atoms with Gasteiger partial charge < -0.3 is 15.6 Å². The second-order valence-electron chi connectivity index (χ2n) is 15.1. The lowest BCUT2D eigenvalue weighted by molar-refractivity contribution is -0.221. The number of carboxylic acids is 1. The molecule has 0 aromatic rings. The van der Waals surface area contributed by atoms with Crippen LogP contribution in [0.15, 0.2) is 11.6 Å². The van der Waals surface area contributed by atoms with Gasteiger partial charge in [-0.15, -0.1) is 0 Å². The van der Waals surface area contributed by atoms with Crippen LogP contribution in [0.2, 0.25) is 0 Å². The van der Waals surface area contributed by atoms with Crippen molar-refractivity contribution in [3.8, 4) is 0 Å². The maximum absolute atomic E-state index is 14.4. The molecule has 0 aromatic heterocycles. The molecule has 5 aliphatic carbocycles. The summed E-state index contributed by atoms with van der Waals surface area (Å²) in [6, 6.07) is 0. The standard InChI is InChI=1S/C32H49NO5/c1-18-8-11-28(3)14-15-30(5)20(25(28)19(18)2)16-21(34)26-29(4)12-10-23(38-24(35)17-33)32(7,27(36)37)22(29)9-13-31(26,30)6/h16,18-19,22-23,25-26H,8-15,17,33H2,1-7H3,(H,36,37)/t18-,19+,22?,23-,25?,26?,28-,29+,30-,31-,32-/m1/s1. The van der Waals surface area contributed by atoms with Crippen LogP contribution in [-0.4, -0.2) is 35.5 Å². The van der Waals surface area contributed by atoms with Crippen LogP contribution >= 0.6 is 0 Å². The number of ketones is 1. The maximum Gasteiger partial charge on any atom is 0.320 e. The van der Waals surface area contributed by atoms with Gasteiger partial charge in [0.2, 0.25) is 0 Å². The number of carbonyl (C=O) groups excluding carboxylic acids is 2. The molecule has 4 saturated carbocycles. The fourth-order valence-electron chi connectivity index (χ4n) is 11.0. The highest BCUT2D eigenvalue weighted by Crippen LogP contribution is 2.75. The molecule has 6 heteroatoms. The number of carbonyl (C=O) groups is 3. The highest BCUT2D eigenvalue weighted by Gasteiger charge is 2.72. The zero-order valence-electron chi connectivity index (χ0n) is 24.6. The summed E-state index contributed by atoms with van der Waals surface area (Å²) in [5.41, 5.74) is 5.08. The SMILES string of the molecule is C[C@@H]1CC[C@]2(C)CC[C@]3(C)C(=CC(=O)C4[C@@]5(C)CC[C@@H](OC(=O)CN)[C@](C)(C(=O)O)C5CC[C@]43C)C2[C@H]1C. The third-order valence-electron chi connectivity index (χ3n) is 13.6. The van der Waals surface area contributed by atoms with E-state index in [4.69, 9.17) is 10.5 Å². The van der Waals surface area contributed by atoms with Gasteiger partial charge in [0.1, 0.15) is 11.5 Å². The number of allylic oxidation sites excluding steroid dienone is 2. The summed E-state index contributed by atoms with van der Waals surface area (Å²) in [4.78, 5) is 39.5. The average molecular weight is 528 g/mol. The van der Waals surface area contributed by atoms with Gasteiger partial charge in [0.25, 0.3) is 0 Å². The Morgan fingerprint density at radius 2 is 1.68 bits per heavy atom. The fraction of sp³-hybridized carbons (Fsp3) is 0.844. The number of hydrogen-bond donors (Lipinski definition) is 2. The Labute approximate surface area is 228 Å². The molecule has 0 spiro atoms. The van der Waals surface area contributed by atoms with E-state index in [1.165, 1.54) is 24.8 Å². The molecular formula is C32H49NO5. The third kappa shape index (κ3) is 3.37. The molecule has 4 fully saturated rings. The lowest BCUT2D eigenvalue weighted by atomic mass is 9.33. The van der Waals surface area contributed by atoms with E-state index in [0.29, 0.717) is 37.0 Å². The number of carboxylic acid groups (broad SMARTS) is 1. The number of ether oxygens (including phenoxy) is 1. The van der Waals surface area contributed by atoms with E-state index < -0.39 is 28.9 Å². The van der Waals surface area contributed by atoms with Crippen molar-refractivity contribution < 1.29 is 24.2 Å². The van der Waals surface area contributed by atoms with E-state index >= 15 is 0 Å². The van der Waals surface area contributed by atoms with Crippen LogP contribution in [0, 0.1) is 56.7 Å². The lowest BCUT2D eigenvalue weighted by Crippen LogP contribution is -2.68. The minimum Gasteiger partial charge on any atom is -0.481 e. The molecule has 5 rings (SSSR count). The van der Waals surface area contributed by atoms with Gasteiger partial charge in [0.15, 0.2) is 5.78 Å². The molecule has 0 saturated heterocycles. The lowest BCUT2D eigenvalue weighted by Gasteiger charge is -2.70. The van der Waals surface area contributed by atoms with Crippen LogP contribution in [-0.2, 0) is 19.1 Å². The molecule has 0 bridgehead atoms. The number of aliphatic carboxylic acids is 1. The summed E-state index contributed by atoms with van der Waals surface area (Å²) >= 11 is 0. The molecule has 0 aromatic carbocycles. The van der Waals surface area contributed by atoms with Crippen LogP contribution in [0.25, 0.3) is 0 Å². The van der Waals surface area contributed by atoms with Gasteiger partial charge in [-0.2, -0.15) is 0 Å². The molecule has 3 N–H and O–H groups in total. The highest BCUT2D eigenvalue weighted by atomic mass is 16.5. The van der Waals surface area contributed by atoms with Crippen molar-refractivity contribution in [3.05, 3.63) is 11.6 Å². The van der Waals surface area contributed by atoms with Crippen molar-refractivity contribution in [2.75, 3.05) is 6.54 Å². The van der Waals surface area contributed by atoms with E-state index in [9.17, 15) is 19.5 Å². The van der Waals surface area contributed by atoms with Gasteiger partial charge in [-0.05, 0) is 110 Å². The third-order valence-corrected chi connectivity index (χ3v) is 13.6. The largest absolute Gasteiger partial charge is 0.481 e. The van der Waals surface area contributed by atoms with Gasteiger partial charge in [-0.25, -0.2) is 0 Å². The fourth-order valence-corrected chi connectivity index (χ4v) is 11.0. The van der Waals surface area contributed by atoms with Crippen molar-refractivity contribution in [1.82, 2.24) is 0 Å². The normalized spacial score (nSPS) is 52.0. The Bertz CT molecular complexity index is 1080. The van der Waals surface area contributed by atoms with Crippen LogP contribution in [0.3, 0.4) is 0 Å². The highest BCUT2D eigenvalue weighted by molar-refractivity contribution is 5.96. The van der Waals surface area contributed by atoms with E-state index in [1.807, 2.05) is 0 Å². The summed E-state index contributed by atoms with van der Waals surface area (Å²) in [6.07, 6.45) is 8.70. The van der Waals surface area contributed by atoms with Crippen LogP contribution in [0.4, 0.5) is 0 Å². The molecule has 6 nitrogen and oxygen atoms in total. The predicted molar refractivity (Wildman–Crippen MR) is 146 cm³/mol. The number of nitrogens with two attached hydrogens (primary N) is 1. The maximum atomic E-state index is 14.4. The molecule has 0 heterocycles. The molecule has 11 atom stereocenters. The zero-order valence-corrected chi connectivity index (χ0v) is 24.6. The van der Waals surface area contributed by atoms with Crippen molar-refractivity contribution in [1.29, 1.82) is 0 Å². The van der Waals surface area contributed by atoms with Crippen molar-refractivity contribution in [3.63, 3.8) is 0 Å². The predicted octanol–water partition coefficient (Wildman–Crippen LogP) is 5.78. The second kappa shape index (κ2) is 8.65. The van der Waals surface area contributed by atoms with E-state index in [-0.39, 0.29) is 40.4 Å². The summed E-state index contributed by atoms with van der Waals surface area (Å²) in [6.45, 7) is 15.7. The molecule has 0 aliphatic heterocycles. The molecule has 0 amide bonds. The molecular weight excluding hydrogens is 478 g/mol. The van der Waals surface area contributed by atoms with Gasteiger partial charge in [-0.3, -0.25) is 14.4 Å². The molecule has 212 valence electrons. The van der Waals surface area contributed by atoms with Crippen molar-refractivity contribution in [2.45, 2.75) is 106 Å². The Hall–Kier alpha value is -1.69. The van der Waals surface area contributed by atoms with Crippen molar-refractivity contribution in [2.24, 2.45) is 62.4 Å². The summed E-state index contributed by atoms with van der Waals surface area (Å²) in [5, 5.41) is 10.6. The number of esters is 1. The smallest absolute Gasteiger partial charge is 0.320 e. The molecule has 0 radical (unpaired) electrons. The molecule has 5 aliphatic rings. The van der Waals surface area contributed by atoms with Crippen LogP contribution < -0.4 is 5.73 Å². The number of rotatable bonds is 3. The first-order chi connectivity index (χ1) is 17.6. The number of fused-ring (bicyclic) bond motifs is 7. The Morgan fingerprint density at radius 1 is 1.00 bits per heavy atom. The minimum atomic E-state index is -1.26. The first kappa shape index (κ1) is 27.9. The zero-order chi connectivity index (χ0) is 28.1. The Balaban J connectivity index is 1.60. The van der Waals surface area contributed by atoms with E-state index in [0.717, 1.165) is 12.8 Å². The number of hydrogen-bond acceptors (Lipinski definition) is 5. The minimum absolute atomic E-state index is 0.0858. The van der Waals surface area contributed by atoms with Gasteiger partial charge in [0, 0.05) is 5.92 Å². The summed E-state index contributed by atoms with van der Waals surface area (Å²) in [7, 11) is 0. The first-order valence-electron chi connectivity index (χ1n) is 15.0. The van der Waals surface area contributed by atoms with E-state index in [1.54, 1.807) is 6.92 Å². The van der Waals surface area contributed by atoms with E-state index in [2.05, 4.69) is 47.6 Å². The monoisotopic (exact) mass is 527 g/mol.